The van der Waals surface area contributed by atoms with Crippen molar-refractivity contribution < 1.29 is 14.7 Å². The predicted molar refractivity (Wildman–Crippen MR) is 67.6 cm³/mol. The monoisotopic (exact) mass is 274 g/mol. The lowest BCUT2D eigenvalue weighted by Gasteiger charge is -1.98. The summed E-state index contributed by atoms with van der Waals surface area (Å²) in [7, 11) is 0. The van der Waals surface area contributed by atoms with Gasteiger partial charge in [-0.25, -0.2) is 4.98 Å². The van der Waals surface area contributed by atoms with Crippen molar-refractivity contribution in [3.8, 4) is 0 Å². The number of hydrogen-bond acceptors (Lipinski definition) is 5. The summed E-state index contributed by atoms with van der Waals surface area (Å²) in [4.78, 5) is 26.8. The van der Waals surface area contributed by atoms with Gasteiger partial charge in [0.25, 0.3) is 0 Å². The van der Waals surface area contributed by atoms with Gasteiger partial charge >= 0.3 is 5.97 Å². The van der Waals surface area contributed by atoms with E-state index in [1.165, 1.54) is 23.1 Å². The maximum atomic E-state index is 11.2. The molecule has 0 saturated heterocycles. The van der Waals surface area contributed by atoms with Crippen molar-refractivity contribution >= 4 is 35.0 Å². The van der Waals surface area contributed by atoms with Crippen LogP contribution in [-0.4, -0.2) is 34.3 Å². The Morgan fingerprint density at radius 1 is 1.53 bits per heavy atom. The molecule has 0 bridgehead atoms. The predicted octanol–water partition coefficient (Wildman–Crippen LogP) is 1.31. The van der Waals surface area contributed by atoms with Crippen LogP contribution in [0.5, 0.6) is 0 Å². The summed E-state index contributed by atoms with van der Waals surface area (Å²) in [5, 5.41) is 11.4. The first kappa shape index (κ1) is 14.0. The highest BCUT2D eigenvalue weighted by molar-refractivity contribution is 8.01. The van der Waals surface area contributed by atoms with E-state index in [1.807, 2.05) is 6.92 Å². The second kappa shape index (κ2) is 6.61. The van der Waals surface area contributed by atoms with Crippen molar-refractivity contribution in [2.75, 3.05) is 12.3 Å². The molecule has 1 heterocycles. The summed E-state index contributed by atoms with van der Waals surface area (Å²) in [6, 6.07) is 0. The van der Waals surface area contributed by atoms with E-state index in [4.69, 9.17) is 5.11 Å². The Kier molecular flexibility index (Phi) is 5.43. The highest BCUT2D eigenvalue weighted by Gasteiger charge is 2.12. The molecule has 1 aromatic rings. The van der Waals surface area contributed by atoms with E-state index in [2.05, 4.69) is 10.3 Å². The van der Waals surface area contributed by atoms with E-state index < -0.39 is 5.97 Å². The zero-order chi connectivity index (χ0) is 12.8. The molecule has 0 atom stereocenters. The van der Waals surface area contributed by atoms with Crippen LogP contribution in [0.3, 0.4) is 0 Å². The fourth-order valence-corrected chi connectivity index (χ4v) is 3.19. The number of carbonyl (C=O) groups excluding carboxylic acids is 1. The molecule has 0 radical (unpaired) electrons. The first-order chi connectivity index (χ1) is 8.02. The third kappa shape index (κ3) is 4.74. The highest BCUT2D eigenvalue weighted by atomic mass is 32.2. The van der Waals surface area contributed by atoms with E-state index in [-0.39, 0.29) is 12.3 Å². The van der Waals surface area contributed by atoms with Crippen LogP contribution in [0.4, 0.5) is 0 Å². The summed E-state index contributed by atoms with van der Waals surface area (Å²) in [6.07, 6.45) is -0.00871. The highest BCUT2D eigenvalue weighted by Crippen LogP contribution is 2.27. The Hall–Kier alpha value is -1.08. The Labute approximate surface area is 108 Å². The minimum Gasteiger partial charge on any atom is -0.481 e. The molecule has 0 aliphatic carbocycles. The molecule has 17 heavy (non-hydrogen) atoms. The second-order valence-corrected chi connectivity index (χ2v) is 5.61. The number of thiazole rings is 1. The molecule has 2 N–H and O–H groups in total. The van der Waals surface area contributed by atoms with E-state index >= 15 is 0 Å². The number of rotatable bonds is 6. The van der Waals surface area contributed by atoms with E-state index in [9.17, 15) is 9.59 Å². The van der Waals surface area contributed by atoms with Gasteiger partial charge < -0.3 is 10.4 Å². The SMILES string of the molecule is CCNC(=O)CSc1nc(C)c(CC(=O)O)s1. The molecule has 5 nitrogen and oxygen atoms in total. The molecule has 1 rings (SSSR count). The summed E-state index contributed by atoms with van der Waals surface area (Å²) in [6.45, 7) is 4.26. The minimum absolute atomic E-state index is 0.00871. The molecular formula is C10H14N2O3S2. The Morgan fingerprint density at radius 2 is 2.24 bits per heavy atom. The van der Waals surface area contributed by atoms with Gasteiger partial charge in [-0.3, -0.25) is 9.59 Å². The van der Waals surface area contributed by atoms with Crippen LogP contribution < -0.4 is 5.32 Å². The van der Waals surface area contributed by atoms with Gasteiger partial charge in [0, 0.05) is 11.4 Å². The summed E-state index contributed by atoms with van der Waals surface area (Å²) in [5.41, 5.74) is 0.732. The number of amides is 1. The van der Waals surface area contributed by atoms with Crippen LogP contribution in [0.15, 0.2) is 4.34 Å². The van der Waals surface area contributed by atoms with Crippen LogP contribution in [0.2, 0.25) is 0 Å². The summed E-state index contributed by atoms with van der Waals surface area (Å²) in [5.74, 6) is -0.588. The number of nitrogens with zero attached hydrogens (tertiary/aromatic N) is 1. The molecule has 94 valence electrons. The first-order valence-electron chi connectivity index (χ1n) is 5.10. The molecule has 0 aromatic carbocycles. The van der Waals surface area contributed by atoms with Crippen molar-refractivity contribution in [3.05, 3.63) is 10.6 Å². The molecule has 7 heteroatoms. The van der Waals surface area contributed by atoms with Crippen LogP contribution in [0, 0.1) is 6.92 Å². The summed E-state index contributed by atoms with van der Waals surface area (Å²) >= 11 is 2.67. The van der Waals surface area contributed by atoms with Crippen LogP contribution in [0.25, 0.3) is 0 Å². The van der Waals surface area contributed by atoms with Gasteiger partial charge in [0.05, 0.1) is 17.9 Å². The average molecular weight is 274 g/mol. The number of aryl methyl sites for hydroxylation is 1. The number of carboxylic acids is 1. The number of nitrogens with one attached hydrogen (secondary N) is 1. The molecule has 0 saturated carbocycles. The molecule has 0 fully saturated rings. The van der Waals surface area contributed by atoms with Gasteiger partial charge in [-0.15, -0.1) is 11.3 Å². The molecule has 0 aliphatic rings. The average Bonchev–Trinajstić information content (AvgIpc) is 2.56. The van der Waals surface area contributed by atoms with Gasteiger partial charge in [0.1, 0.15) is 0 Å². The fourth-order valence-electron chi connectivity index (χ4n) is 1.14. The molecule has 0 aliphatic heterocycles. The third-order valence-corrected chi connectivity index (χ3v) is 4.19. The van der Waals surface area contributed by atoms with Crippen molar-refractivity contribution in [2.24, 2.45) is 0 Å². The maximum absolute atomic E-state index is 11.2. The topological polar surface area (TPSA) is 79.3 Å². The molecular weight excluding hydrogens is 260 g/mol. The lowest BCUT2D eigenvalue weighted by Crippen LogP contribution is -2.24. The zero-order valence-electron chi connectivity index (χ0n) is 9.65. The van der Waals surface area contributed by atoms with Gasteiger partial charge in [-0.2, -0.15) is 0 Å². The lowest BCUT2D eigenvalue weighted by molar-refractivity contribution is -0.136. The maximum Gasteiger partial charge on any atom is 0.308 e. The normalized spacial score (nSPS) is 10.2. The third-order valence-electron chi connectivity index (χ3n) is 1.89. The molecule has 0 spiro atoms. The molecule has 1 amide bonds. The Balaban J connectivity index is 2.55. The largest absolute Gasteiger partial charge is 0.481 e. The Morgan fingerprint density at radius 3 is 2.82 bits per heavy atom. The summed E-state index contributed by atoms with van der Waals surface area (Å²) < 4.78 is 0.741. The number of carbonyl (C=O) groups is 2. The smallest absolute Gasteiger partial charge is 0.308 e. The van der Waals surface area contributed by atoms with E-state index in [1.54, 1.807) is 6.92 Å². The van der Waals surface area contributed by atoms with E-state index in [0.29, 0.717) is 12.3 Å². The van der Waals surface area contributed by atoms with Gasteiger partial charge in [-0.1, -0.05) is 11.8 Å². The van der Waals surface area contributed by atoms with Crippen molar-refractivity contribution in [1.82, 2.24) is 10.3 Å². The second-order valence-electron chi connectivity index (χ2n) is 3.30. The number of carboxylic acid groups (broad SMARTS) is 1. The minimum atomic E-state index is -0.864. The van der Waals surface area contributed by atoms with Crippen LogP contribution in [0.1, 0.15) is 17.5 Å². The number of aliphatic carboxylic acids is 1. The Bertz CT molecular complexity index is 418. The quantitative estimate of drug-likeness (QED) is 0.765. The van der Waals surface area contributed by atoms with Crippen molar-refractivity contribution in [2.45, 2.75) is 24.6 Å². The van der Waals surface area contributed by atoms with Crippen LogP contribution >= 0.6 is 23.1 Å². The number of aromatic nitrogens is 1. The molecule has 1 aromatic heterocycles. The number of hydrogen-bond donors (Lipinski definition) is 2. The van der Waals surface area contributed by atoms with Crippen LogP contribution in [-0.2, 0) is 16.0 Å². The first-order valence-corrected chi connectivity index (χ1v) is 6.90. The standard InChI is InChI=1S/C10H14N2O3S2/c1-3-11-8(13)5-16-10-12-6(2)7(17-10)4-9(14)15/h3-5H2,1-2H3,(H,11,13)(H,14,15). The zero-order valence-corrected chi connectivity index (χ0v) is 11.3. The van der Waals surface area contributed by atoms with Gasteiger partial charge in [0.2, 0.25) is 5.91 Å². The van der Waals surface area contributed by atoms with Gasteiger partial charge in [-0.05, 0) is 13.8 Å². The molecule has 0 unspecified atom stereocenters. The fraction of sp³-hybridized carbons (Fsp3) is 0.500. The van der Waals surface area contributed by atoms with Crippen molar-refractivity contribution in [1.29, 1.82) is 0 Å². The lowest BCUT2D eigenvalue weighted by atomic mass is 10.3. The van der Waals surface area contributed by atoms with Crippen molar-refractivity contribution in [3.63, 3.8) is 0 Å². The van der Waals surface area contributed by atoms with Gasteiger partial charge in [0.15, 0.2) is 4.34 Å². The van der Waals surface area contributed by atoms with E-state index in [0.717, 1.165) is 14.9 Å². The number of thioether (sulfide) groups is 1.